The number of hydrogen-bond donors (Lipinski definition) is 1. The van der Waals surface area contributed by atoms with Crippen molar-refractivity contribution in [2.75, 3.05) is 0 Å². The van der Waals surface area contributed by atoms with Gasteiger partial charge < -0.3 is 9.84 Å². The zero-order chi connectivity index (χ0) is 9.26. The van der Waals surface area contributed by atoms with Crippen molar-refractivity contribution in [3.63, 3.8) is 0 Å². The summed E-state index contributed by atoms with van der Waals surface area (Å²) in [5.41, 5.74) is 1.22. The van der Waals surface area contributed by atoms with Gasteiger partial charge in [0.2, 0.25) is 0 Å². The standard InChI is InChI=1S/C11H14O2/c1-8-2-4-9(5-3-8)13-11-7-6-10(11)12/h2-5,10-12H,6-7H2,1H3/t10-,11-/m1/s1. The SMILES string of the molecule is Cc1ccc(O[C@@H]2CC[C@H]2O)cc1. The number of aliphatic hydroxyl groups is 1. The number of benzene rings is 1. The minimum atomic E-state index is -0.263. The van der Waals surface area contributed by atoms with Gasteiger partial charge >= 0.3 is 0 Å². The highest BCUT2D eigenvalue weighted by Crippen LogP contribution is 2.25. The van der Waals surface area contributed by atoms with Crippen molar-refractivity contribution >= 4 is 0 Å². The predicted octanol–water partition coefficient (Wildman–Crippen LogP) is 1.90. The first-order valence-electron chi connectivity index (χ1n) is 4.67. The molecule has 1 aliphatic carbocycles. The monoisotopic (exact) mass is 178 g/mol. The average Bonchev–Trinajstić information content (AvgIpc) is 2.15. The number of aryl methyl sites for hydroxylation is 1. The summed E-state index contributed by atoms with van der Waals surface area (Å²) in [5.74, 6) is 0.856. The summed E-state index contributed by atoms with van der Waals surface area (Å²) in [7, 11) is 0. The second-order valence-electron chi connectivity index (χ2n) is 3.61. The normalized spacial score (nSPS) is 26.6. The molecule has 0 radical (unpaired) electrons. The van der Waals surface area contributed by atoms with E-state index in [1.165, 1.54) is 5.56 Å². The van der Waals surface area contributed by atoms with Crippen LogP contribution in [0.2, 0.25) is 0 Å². The summed E-state index contributed by atoms with van der Waals surface area (Å²) < 4.78 is 5.57. The molecule has 2 atom stereocenters. The van der Waals surface area contributed by atoms with Crippen molar-refractivity contribution in [3.8, 4) is 5.75 Å². The van der Waals surface area contributed by atoms with Crippen molar-refractivity contribution in [1.29, 1.82) is 0 Å². The van der Waals surface area contributed by atoms with Crippen LogP contribution in [0.15, 0.2) is 24.3 Å². The third-order valence-corrected chi connectivity index (χ3v) is 2.48. The van der Waals surface area contributed by atoms with Gasteiger partial charge in [0.05, 0.1) is 6.10 Å². The minimum Gasteiger partial charge on any atom is -0.488 e. The van der Waals surface area contributed by atoms with Gasteiger partial charge in [-0.2, -0.15) is 0 Å². The topological polar surface area (TPSA) is 29.5 Å². The van der Waals surface area contributed by atoms with Crippen molar-refractivity contribution in [3.05, 3.63) is 29.8 Å². The second-order valence-corrected chi connectivity index (χ2v) is 3.61. The molecule has 0 bridgehead atoms. The number of hydrogen-bond acceptors (Lipinski definition) is 2. The van der Waals surface area contributed by atoms with E-state index in [0.717, 1.165) is 18.6 Å². The zero-order valence-electron chi connectivity index (χ0n) is 7.73. The molecular formula is C11H14O2. The molecule has 70 valence electrons. The molecule has 1 saturated carbocycles. The summed E-state index contributed by atoms with van der Waals surface area (Å²) in [6, 6.07) is 7.92. The van der Waals surface area contributed by atoms with Gasteiger partial charge in [0.25, 0.3) is 0 Å². The molecular weight excluding hydrogens is 164 g/mol. The predicted molar refractivity (Wildman–Crippen MR) is 50.8 cm³/mol. The maximum absolute atomic E-state index is 9.30. The molecule has 2 rings (SSSR count). The largest absolute Gasteiger partial charge is 0.488 e. The Morgan fingerprint density at radius 3 is 2.38 bits per heavy atom. The molecule has 2 heteroatoms. The second kappa shape index (κ2) is 3.38. The molecule has 2 nitrogen and oxygen atoms in total. The zero-order valence-corrected chi connectivity index (χ0v) is 7.73. The molecule has 1 aromatic carbocycles. The fourth-order valence-electron chi connectivity index (χ4n) is 1.38. The van der Waals surface area contributed by atoms with Gasteiger partial charge in [-0.1, -0.05) is 17.7 Å². The van der Waals surface area contributed by atoms with Crippen LogP contribution in [0.25, 0.3) is 0 Å². The maximum atomic E-state index is 9.30. The van der Waals surface area contributed by atoms with Crippen molar-refractivity contribution in [2.45, 2.75) is 32.0 Å². The quantitative estimate of drug-likeness (QED) is 0.749. The van der Waals surface area contributed by atoms with Crippen LogP contribution in [0.1, 0.15) is 18.4 Å². The highest BCUT2D eigenvalue weighted by Gasteiger charge is 2.30. The van der Waals surface area contributed by atoms with Crippen molar-refractivity contribution < 1.29 is 9.84 Å². The Hall–Kier alpha value is -1.02. The van der Waals surface area contributed by atoms with E-state index < -0.39 is 0 Å². The van der Waals surface area contributed by atoms with E-state index in [-0.39, 0.29) is 12.2 Å². The molecule has 0 spiro atoms. The van der Waals surface area contributed by atoms with E-state index in [2.05, 4.69) is 0 Å². The van der Waals surface area contributed by atoms with Gasteiger partial charge in [0, 0.05) is 0 Å². The van der Waals surface area contributed by atoms with Gasteiger partial charge in [0.15, 0.2) is 0 Å². The lowest BCUT2D eigenvalue weighted by Crippen LogP contribution is -2.41. The van der Waals surface area contributed by atoms with Crippen LogP contribution in [0.4, 0.5) is 0 Å². The van der Waals surface area contributed by atoms with Gasteiger partial charge in [0.1, 0.15) is 11.9 Å². The summed E-state index contributed by atoms with van der Waals surface area (Å²) in [5, 5.41) is 9.30. The average molecular weight is 178 g/mol. The highest BCUT2D eigenvalue weighted by molar-refractivity contribution is 5.26. The first-order valence-corrected chi connectivity index (χ1v) is 4.67. The highest BCUT2D eigenvalue weighted by atomic mass is 16.5. The summed E-state index contributed by atoms with van der Waals surface area (Å²) in [6.45, 7) is 2.04. The Kier molecular flexibility index (Phi) is 2.23. The summed E-state index contributed by atoms with van der Waals surface area (Å²) in [6.07, 6.45) is 1.59. The fourth-order valence-corrected chi connectivity index (χ4v) is 1.38. The molecule has 0 heterocycles. The van der Waals surface area contributed by atoms with E-state index in [1.807, 2.05) is 31.2 Å². The maximum Gasteiger partial charge on any atom is 0.125 e. The fraction of sp³-hybridized carbons (Fsp3) is 0.455. The lowest BCUT2D eigenvalue weighted by atomic mass is 9.92. The first-order chi connectivity index (χ1) is 6.25. The number of ether oxygens (including phenoxy) is 1. The van der Waals surface area contributed by atoms with Crippen LogP contribution >= 0.6 is 0 Å². The van der Waals surface area contributed by atoms with E-state index in [0.29, 0.717) is 0 Å². The number of aliphatic hydroxyl groups excluding tert-OH is 1. The lowest BCUT2D eigenvalue weighted by molar-refractivity contribution is -0.0361. The third kappa shape index (κ3) is 1.83. The lowest BCUT2D eigenvalue weighted by Gasteiger charge is -2.32. The van der Waals surface area contributed by atoms with E-state index >= 15 is 0 Å². The Morgan fingerprint density at radius 2 is 1.92 bits per heavy atom. The molecule has 13 heavy (non-hydrogen) atoms. The number of rotatable bonds is 2. The molecule has 1 fully saturated rings. The van der Waals surface area contributed by atoms with Crippen LogP contribution in [0, 0.1) is 6.92 Å². The van der Waals surface area contributed by atoms with E-state index in [1.54, 1.807) is 0 Å². The van der Waals surface area contributed by atoms with Gasteiger partial charge in [-0.15, -0.1) is 0 Å². The van der Waals surface area contributed by atoms with Crippen LogP contribution in [0.3, 0.4) is 0 Å². The van der Waals surface area contributed by atoms with Crippen molar-refractivity contribution in [1.82, 2.24) is 0 Å². The Morgan fingerprint density at radius 1 is 1.23 bits per heavy atom. The molecule has 1 aliphatic rings. The Bertz CT molecular complexity index is 279. The minimum absolute atomic E-state index is 0.0164. The van der Waals surface area contributed by atoms with Crippen LogP contribution in [0.5, 0.6) is 5.75 Å². The molecule has 1 aromatic rings. The van der Waals surface area contributed by atoms with Crippen LogP contribution in [-0.2, 0) is 0 Å². The molecule has 0 aliphatic heterocycles. The van der Waals surface area contributed by atoms with Crippen LogP contribution < -0.4 is 4.74 Å². The molecule has 0 aromatic heterocycles. The Labute approximate surface area is 78.2 Å². The Balaban J connectivity index is 1.98. The smallest absolute Gasteiger partial charge is 0.125 e. The molecule has 0 unspecified atom stereocenters. The molecule has 1 N–H and O–H groups in total. The third-order valence-electron chi connectivity index (χ3n) is 2.48. The summed E-state index contributed by atoms with van der Waals surface area (Å²) in [4.78, 5) is 0. The first kappa shape index (κ1) is 8.57. The van der Waals surface area contributed by atoms with Crippen molar-refractivity contribution in [2.24, 2.45) is 0 Å². The molecule has 0 saturated heterocycles. The van der Waals surface area contributed by atoms with E-state index in [4.69, 9.17) is 4.74 Å². The molecule has 0 amide bonds. The van der Waals surface area contributed by atoms with Gasteiger partial charge in [-0.3, -0.25) is 0 Å². The van der Waals surface area contributed by atoms with E-state index in [9.17, 15) is 5.11 Å². The van der Waals surface area contributed by atoms with Gasteiger partial charge in [-0.25, -0.2) is 0 Å². The van der Waals surface area contributed by atoms with Gasteiger partial charge in [-0.05, 0) is 31.9 Å². The summed E-state index contributed by atoms with van der Waals surface area (Å²) >= 11 is 0. The van der Waals surface area contributed by atoms with Crippen LogP contribution in [-0.4, -0.2) is 17.3 Å².